The van der Waals surface area contributed by atoms with Crippen LogP contribution in [0.2, 0.25) is 0 Å². The molecule has 2 aromatic rings. The molecule has 0 atom stereocenters. The van der Waals surface area contributed by atoms with Crippen molar-refractivity contribution in [3.8, 4) is 11.5 Å². The number of nitrogens with zero attached hydrogens (tertiary/aromatic N) is 1. The monoisotopic (exact) mass is 639 g/mol. The van der Waals surface area contributed by atoms with E-state index in [1.807, 2.05) is 36.4 Å². The molecule has 0 N–H and O–H groups in total. The summed E-state index contributed by atoms with van der Waals surface area (Å²) in [5, 5.41) is 0. The van der Waals surface area contributed by atoms with Crippen LogP contribution in [0.1, 0.15) is 77.3 Å². The zero-order valence-corrected chi connectivity index (χ0v) is 26.0. The summed E-state index contributed by atoms with van der Waals surface area (Å²) in [6.45, 7) is 12.0. The summed E-state index contributed by atoms with van der Waals surface area (Å²) in [7, 11) is 1.64. The van der Waals surface area contributed by atoms with Crippen molar-refractivity contribution in [3.05, 3.63) is 79.7 Å². The number of carbonyl (C=O) groups is 2. The normalized spacial score (nSPS) is 20.6. The molecular formula is C33H38INO4. The lowest BCUT2D eigenvalue weighted by molar-refractivity contribution is -0.119. The Morgan fingerprint density at radius 1 is 0.897 bits per heavy atom. The first kappa shape index (κ1) is 27.9. The van der Waals surface area contributed by atoms with Gasteiger partial charge in [0.1, 0.15) is 6.61 Å². The molecule has 39 heavy (non-hydrogen) atoms. The van der Waals surface area contributed by atoms with Gasteiger partial charge in [0, 0.05) is 47.8 Å². The first-order valence-electron chi connectivity index (χ1n) is 13.8. The molecule has 0 fully saturated rings. The summed E-state index contributed by atoms with van der Waals surface area (Å²) >= 11 is 2.28. The van der Waals surface area contributed by atoms with E-state index < -0.39 is 5.92 Å². The highest BCUT2D eigenvalue weighted by atomic mass is 127. The van der Waals surface area contributed by atoms with Crippen LogP contribution in [0.5, 0.6) is 11.5 Å². The zero-order chi connectivity index (χ0) is 28.1. The number of Topliss-reactive ketones (excluding diaryl/α,β-unsaturated/α-hetero) is 2. The van der Waals surface area contributed by atoms with Crippen molar-refractivity contribution in [2.45, 2.75) is 72.8 Å². The molecule has 3 aliphatic rings. The van der Waals surface area contributed by atoms with E-state index in [0.29, 0.717) is 30.9 Å². The van der Waals surface area contributed by atoms with Crippen molar-refractivity contribution in [1.82, 2.24) is 4.90 Å². The Hall–Kier alpha value is -2.61. The maximum Gasteiger partial charge on any atom is 0.174 e. The lowest BCUT2D eigenvalue weighted by atomic mass is 9.63. The van der Waals surface area contributed by atoms with Crippen LogP contribution in [-0.4, -0.2) is 30.1 Å². The van der Waals surface area contributed by atoms with Crippen LogP contribution >= 0.6 is 22.6 Å². The Morgan fingerprint density at radius 3 is 1.97 bits per heavy atom. The number of carbonyl (C=O) groups excluding carboxylic acids is 2. The van der Waals surface area contributed by atoms with Crippen LogP contribution < -0.4 is 9.47 Å². The smallest absolute Gasteiger partial charge is 0.174 e. The maximum atomic E-state index is 13.9. The summed E-state index contributed by atoms with van der Waals surface area (Å²) in [5.41, 5.74) is 5.50. The van der Waals surface area contributed by atoms with Gasteiger partial charge >= 0.3 is 0 Å². The summed E-state index contributed by atoms with van der Waals surface area (Å²) in [6.07, 6.45) is 2.59. The predicted molar refractivity (Wildman–Crippen MR) is 162 cm³/mol. The Labute approximate surface area is 245 Å². The second kappa shape index (κ2) is 10.4. The van der Waals surface area contributed by atoms with Gasteiger partial charge in [0.25, 0.3) is 0 Å². The van der Waals surface area contributed by atoms with E-state index in [4.69, 9.17) is 9.47 Å². The summed E-state index contributed by atoms with van der Waals surface area (Å²) in [5.74, 6) is 1.18. The minimum absolute atomic E-state index is 0.124. The first-order valence-corrected chi connectivity index (χ1v) is 14.9. The van der Waals surface area contributed by atoms with Crippen LogP contribution in [0.4, 0.5) is 0 Å². The van der Waals surface area contributed by atoms with Gasteiger partial charge in [-0.2, -0.15) is 0 Å². The zero-order valence-electron chi connectivity index (χ0n) is 23.8. The lowest BCUT2D eigenvalue weighted by Gasteiger charge is -2.49. The van der Waals surface area contributed by atoms with E-state index in [1.165, 1.54) is 0 Å². The van der Waals surface area contributed by atoms with E-state index in [1.54, 1.807) is 7.11 Å². The molecule has 1 heterocycles. The van der Waals surface area contributed by atoms with Crippen LogP contribution in [0.3, 0.4) is 0 Å². The Bertz CT molecular complexity index is 1330. The van der Waals surface area contributed by atoms with Gasteiger partial charge in [0.15, 0.2) is 23.1 Å². The second-order valence-corrected chi connectivity index (χ2v) is 13.8. The number of halogens is 1. The molecule has 0 unspecified atom stereocenters. The van der Waals surface area contributed by atoms with Gasteiger partial charge in [-0.1, -0.05) is 58.0 Å². The Morgan fingerprint density at radius 2 is 1.46 bits per heavy atom. The fourth-order valence-corrected chi connectivity index (χ4v) is 7.32. The molecule has 5 nitrogen and oxygen atoms in total. The fourth-order valence-electron chi connectivity index (χ4n) is 6.54. The number of benzene rings is 2. The van der Waals surface area contributed by atoms with E-state index in [2.05, 4.69) is 68.2 Å². The van der Waals surface area contributed by atoms with Crippen LogP contribution in [0, 0.1) is 14.4 Å². The van der Waals surface area contributed by atoms with Crippen LogP contribution in [0.15, 0.2) is 65.0 Å². The van der Waals surface area contributed by atoms with Gasteiger partial charge in [-0.25, -0.2) is 0 Å². The number of methoxy groups -OCH3 is 1. The molecular weight excluding hydrogens is 601 g/mol. The van der Waals surface area contributed by atoms with Gasteiger partial charge in [0.2, 0.25) is 0 Å². The Balaban J connectivity index is 1.66. The van der Waals surface area contributed by atoms with E-state index in [-0.39, 0.29) is 22.4 Å². The molecule has 0 spiro atoms. The number of hydrogen-bond donors (Lipinski definition) is 0. The molecule has 0 saturated heterocycles. The SMILES string of the molecule is CCN1C2=C(C(=O)CC(C)(C)C2)C(c2cc(I)c(OCc3ccccc3)c(OC)c2)C2=C1CC(C)(C)CC2=O. The molecule has 0 amide bonds. The topological polar surface area (TPSA) is 55.8 Å². The summed E-state index contributed by atoms with van der Waals surface area (Å²) < 4.78 is 13.0. The first-order chi connectivity index (χ1) is 18.4. The number of allylic oxidation sites excluding steroid dienone is 4. The second-order valence-electron chi connectivity index (χ2n) is 12.6. The molecule has 0 saturated carbocycles. The molecule has 0 aromatic heterocycles. The molecule has 2 aliphatic carbocycles. The highest BCUT2D eigenvalue weighted by Gasteiger charge is 2.48. The third-order valence-corrected chi connectivity index (χ3v) is 8.95. The number of hydrogen-bond acceptors (Lipinski definition) is 5. The fraction of sp³-hybridized carbons (Fsp3) is 0.455. The number of ether oxygens (including phenoxy) is 2. The summed E-state index contributed by atoms with van der Waals surface area (Å²) in [6, 6.07) is 14.1. The Kier molecular flexibility index (Phi) is 7.46. The third-order valence-electron chi connectivity index (χ3n) is 8.15. The molecule has 5 rings (SSSR count). The van der Waals surface area contributed by atoms with Crippen molar-refractivity contribution in [2.24, 2.45) is 10.8 Å². The minimum Gasteiger partial charge on any atom is -0.493 e. The van der Waals surface area contributed by atoms with Crippen molar-refractivity contribution in [1.29, 1.82) is 0 Å². The molecule has 0 radical (unpaired) electrons. The average molecular weight is 640 g/mol. The molecule has 6 heteroatoms. The number of ketones is 2. The van der Waals surface area contributed by atoms with Gasteiger partial charge in [-0.3, -0.25) is 9.59 Å². The average Bonchev–Trinajstić information content (AvgIpc) is 2.85. The van der Waals surface area contributed by atoms with Gasteiger partial charge in [-0.15, -0.1) is 0 Å². The predicted octanol–water partition coefficient (Wildman–Crippen LogP) is 7.58. The quantitative estimate of drug-likeness (QED) is 0.305. The lowest BCUT2D eigenvalue weighted by Crippen LogP contribution is -2.44. The molecule has 0 bridgehead atoms. The highest BCUT2D eigenvalue weighted by Crippen LogP contribution is 2.55. The van der Waals surface area contributed by atoms with E-state index >= 15 is 0 Å². The van der Waals surface area contributed by atoms with Crippen LogP contribution in [-0.2, 0) is 16.2 Å². The number of rotatable bonds is 6. The van der Waals surface area contributed by atoms with Gasteiger partial charge in [-0.05, 0) is 76.4 Å². The standard InChI is InChI=1S/C33H38INO4/c1-7-35-23-15-32(2,3)17-25(36)29(23)28(30-24(35)16-33(4,5)18-26(30)37)21-13-22(34)31(27(14-21)38-6)39-19-20-11-9-8-10-12-20/h8-14,28H,7,15-19H2,1-6H3. The van der Waals surface area contributed by atoms with Gasteiger partial charge < -0.3 is 14.4 Å². The third kappa shape index (κ3) is 5.29. The molecule has 2 aromatic carbocycles. The van der Waals surface area contributed by atoms with Crippen molar-refractivity contribution >= 4 is 34.2 Å². The van der Waals surface area contributed by atoms with Crippen molar-refractivity contribution in [2.75, 3.05) is 13.7 Å². The molecule has 1 aliphatic heterocycles. The largest absolute Gasteiger partial charge is 0.493 e. The maximum absolute atomic E-state index is 13.9. The van der Waals surface area contributed by atoms with Crippen LogP contribution in [0.25, 0.3) is 0 Å². The van der Waals surface area contributed by atoms with E-state index in [9.17, 15) is 9.59 Å². The summed E-state index contributed by atoms with van der Waals surface area (Å²) in [4.78, 5) is 30.1. The molecule has 206 valence electrons. The van der Waals surface area contributed by atoms with E-state index in [0.717, 1.165) is 56.6 Å². The van der Waals surface area contributed by atoms with Crippen molar-refractivity contribution in [3.63, 3.8) is 0 Å². The highest BCUT2D eigenvalue weighted by molar-refractivity contribution is 14.1. The van der Waals surface area contributed by atoms with Gasteiger partial charge in [0.05, 0.1) is 10.7 Å². The minimum atomic E-state index is -0.393. The van der Waals surface area contributed by atoms with Crippen molar-refractivity contribution < 1.29 is 19.1 Å².